The van der Waals surface area contributed by atoms with Crippen molar-refractivity contribution < 1.29 is 0 Å². The van der Waals surface area contributed by atoms with E-state index >= 15 is 0 Å². The van der Waals surface area contributed by atoms with E-state index < -0.39 is 0 Å². The molecule has 14 heavy (non-hydrogen) atoms. The van der Waals surface area contributed by atoms with E-state index in [0.717, 1.165) is 24.5 Å². The van der Waals surface area contributed by atoms with Crippen LogP contribution in [0.3, 0.4) is 0 Å². The molecule has 1 aliphatic rings. The van der Waals surface area contributed by atoms with Gasteiger partial charge in [0, 0.05) is 19.1 Å². The number of imidazole rings is 1. The van der Waals surface area contributed by atoms with E-state index in [2.05, 4.69) is 21.2 Å². The zero-order chi connectivity index (χ0) is 9.97. The van der Waals surface area contributed by atoms with Crippen molar-refractivity contribution in [2.75, 3.05) is 13.1 Å². The van der Waals surface area contributed by atoms with Crippen molar-refractivity contribution in [2.45, 2.75) is 24.4 Å². The molecule has 5 heteroatoms. The highest BCUT2D eigenvalue weighted by atomic mass is 32.2. The summed E-state index contributed by atoms with van der Waals surface area (Å²) in [4.78, 5) is 7.08. The van der Waals surface area contributed by atoms with Crippen LogP contribution in [0.25, 0.3) is 0 Å². The monoisotopic (exact) mass is 212 g/mol. The molecule has 0 saturated carbocycles. The summed E-state index contributed by atoms with van der Waals surface area (Å²) >= 11 is 1.74. The fourth-order valence-electron chi connectivity index (χ4n) is 1.64. The van der Waals surface area contributed by atoms with E-state index in [1.165, 1.54) is 0 Å². The van der Waals surface area contributed by atoms with Crippen molar-refractivity contribution in [3.8, 4) is 0 Å². The van der Waals surface area contributed by atoms with Gasteiger partial charge < -0.3 is 10.7 Å². The Morgan fingerprint density at radius 1 is 1.71 bits per heavy atom. The Labute approximate surface area is 88.4 Å². The largest absolute Gasteiger partial charge is 0.339 e. The van der Waals surface area contributed by atoms with Crippen molar-refractivity contribution in [1.29, 1.82) is 0 Å². The molecule has 0 amide bonds. The topological polar surface area (TPSA) is 57.9 Å². The van der Waals surface area contributed by atoms with Crippen LogP contribution in [-0.4, -0.2) is 33.4 Å². The van der Waals surface area contributed by atoms with Gasteiger partial charge in [0.25, 0.3) is 0 Å². The third-order valence-corrected chi connectivity index (χ3v) is 3.64. The number of hydrogen-bond acceptors (Lipinski definition) is 4. The Kier molecular flexibility index (Phi) is 3.10. The highest BCUT2D eigenvalue weighted by Gasteiger charge is 2.23. The second-order valence-corrected chi connectivity index (χ2v) is 4.96. The Bertz CT molecular complexity index is 274. The molecular weight excluding hydrogens is 196 g/mol. The molecule has 4 nitrogen and oxygen atoms in total. The van der Waals surface area contributed by atoms with E-state index in [1.807, 2.05) is 6.20 Å². The number of hydrogen-bond donors (Lipinski definition) is 2. The minimum Gasteiger partial charge on any atom is -0.339 e. The Morgan fingerprint density at radius 2 is 2.57 bits per heavy atom. The number of nitrogens with two attached hydrogens (primary N) is 1. The van der Waals surface area contributed by atoms with Crippen molar-refractivity contribution >= 4 is 11.9 Å². The number of rotatable bonds is 2. The van der Waals surface area contributed by atoms with Gasteiger partial charge in [-0.2, -0.15) is 0 Å². The van der Waals surface area contributed by atoms with Gasteiger partial charge in [-0.15, -0.1) is 0 Å². The first kappa shape index (κ1) is 10.0. The predicted molar refractivity (Wildman–Crippen MR) is 57.8 cm³/mol. The lowest BCUT2D eigenvalue weighted by molar-refractivity contribution is 0.266. The van der Waals surface area contributed by atoms with Crippen LogP contribution in [0.4, 0.5) is 0 Å². The molecule has 2 unspecified atom stereocenters. The van der Waals surface area contributed by atoms with Gasteiger partial charge in [-0.1, -0.05) is 6.92 Å². The van der Waals surface area contributed by atoms with Gasteiger partial charge in [0.2, 0.25) is 0 Å². The molecule has 0 spiro atoms. The summed E-state index contributed by atoms with van der Waals surface area (Å²) in [6.45, 7) is 4.34. The van der Waals surface area contributed by atoms with Crippen LogP contribution in [0.5, 0.6) is 0 Å². The van der Waals surface area contributed by atoms with E-state index in [9.17, 15) is 0 Å². The second-order valence-electron chi connectivity index (χ2n) is 3.82. The molecule has 1 aromatic rings. The van der Waals surface area contributed by atoms with Gasteiger partial charge in [0.05, 0.1) is 12.5 Å². The number of piperidine rings is 1. The zero-order valence-electron chi connectivity index (χ0n) is 8.31. The molecule has 2 rings (SSSR count). The predicted octanol–water partition coefficient (Wildman–Crippen LogP) is 1.09. The van der Waals surface area contributed by atoms with Gasteiger partial charge in [0.15, 0.2) is 0 Å². The summed E-state index contributed by atoms with van der Waals surface area (Å²) in [5, 5.41) is 1.10. The lowest BCUT2D eigenvalue weighted by atomic mass is 9.96. The molecule has 2 atom stereocenters. The Morgan fingerprint density at radius 3 is 3.21 bits per heavy atom. The number of aromatic nitrogens is 2. The zero-order valence-corrected chi connectivity index (χ0v) is 9.13. The van der Waals surface area contributed by atoms with Crippen LogP contribution in [0.15, 0.2) is 17.6 Å². The molecule has 0 bridgehead atoms. The fourth-order valence-corrected chi connectivity index (χ4v) is 2.64. The average molecular weight is 212 g/mol. The minimum absolute atomic E-state index is 0.369. The third-order valence-electron chi connectivity index (χ3n) is 2.63. The van der Waals surface area contributed by atoms with E-state index in [-0.39, 0.29) is 0 Å². The summed E-state index contributed by atoms with van der Waals surface area (Å²) in [5.41, 5.74) is 5.96. The van der Waals surface area contributed by atoms with Crippen molar-refractivity contribution in [3.63, 3.8) is 0 Å². The average Bonchev–Trinajstić information content (AvgIpc) is 2.64. The van der Waals surface area contributed by atoms with Crippen LogP contribution in [0, 0.1) is 5.92 Å². The van der Waals surface area contributed by atoms with Gasteiger partial charge in [-0.25, -0.2) is 9.29 Å². The molecule has 2 heterocycles. The molecular formula is C9H16N4S. The molecule has 0 radical (unpaired) electrons. The highest BCUT2D eigenvalue weighted by molar-refractivity contribution is 7.97. The molecule has 1 aliphatic heterocycles. The Balaban J connectivity index is 1.88. The summed E-state index contributed by atoms with van der Waals surface area (Å²) in [7, 11) is 0. The molecule has 1 aromatic heterocycles. The summed E-state index contributed by atoms with van der Waals surface area (Å²) < 4.78 is 2.35. The Hall–Kier alpha value is -0.520. The van der Waals surface area contributed by atoms with Gasteiger partial charge in [-0.3, -0.25) is 0 Å². The molecule has 0 aliphatic carbocycles. The molecule has 78 valence electrons. The third kappa shape index (κ3) is 2.29. The van der Waals surface area contributed by atoms with Crippen molar-refractivity contribution in [1.82, 2.24) is 14.3 Å². The highest BCUT2D eigenvalue weighted by Crippen LogP contribution is 2.25. The van der Waals surface area contributed by atoms with E-state index in [4.69, 9.17) is 5.73 Å². The fraction of sp³-hybridized carbons (Fsp3) is 0.667. The summed E-state index contributed by atoms with van der Waals surface area (Å²) in [6, 6.07) is 0.369. The van der Waals surface area contributed by atoms with Gasteiger partial charge >= 0.3 is 0 Å². The maximum atomic E-state index is 5.96. The van der Waals surface area contributed by atoms with Crippen LogP contribution in [-0.2, 0) is 0 Å². The first-order valence-electron chi connectivity index (χ1n) is 4.92. The lowest BCUT2D eigenvalue weighted by Crippen LogP contribution is -2.43. The number of H-pyrrole nitrogens is 1. The SMILES string of the molecule is CC1CN(Sc2cnc[nH]2)CCC1N. The van der Waals surface area contributed by atoms with Gasteiger partial charge in [-0.05, 0) is 24.3 Å². The lowest BCUT2D eigenvalue weighted by Gasteiger charge is -2.33. The molecule has 0 aromatic carbocycles. The minimum atomic E-state index is 0.369. The van der Waals surface area contributed by atoms with E-state index in [1.54, 1.807) is 18.3 Å². The quantitative estimate of drug-likeness (QED) is 0.720. The first-order chi connectivity index (χ1) is 6.75. The van der Waals surface area contributed by atoms with Crippen molar-refractivity contribution in [3.05, 3.63) is 12.5 Å². The summed E-state index contributed by atoms with van der Waals surface area (Å²) in [6.07, 6.45) is 4.65. The number of nitrogens with one attached hydrogen (secondary N) is 1. The van der Waals surface area contributed by atoms with Crippen LogP contribution >= 0.6 is 11.9 Å². The maximum absolute atomic E-state index is 5.96. The van der Waals surface area contributed by atoms with Crippen LogP contribution in [0.1, 0.15) is 13.3 Å². The van der Waals surface area contributed by atoms with E-state index in [0.29, 0.717) is 12.0 Å². The molecule has 3 N–H and O–H groups in total. The number of aromatic amines is 1. The standard InChI is InChI=1S/C9H16N4S/c1-7-5-13(3-2-8(7)10)14-9-4-11-6-12-9/h4,6-8H,2-3,5,10H2,1H3,(H,11,12). The normalized spacial score (nSPS) is 29.3. The van der Waals surface area contributed by atoms with Crippen molar-refractivity contribution in [2.24, 2.45) is 11.7 Å². The molecule has 1 saturated heterocycles. The van der Waals surface area contributed by atoms with Gasteiger partial charge in [0.1, 0.15) is 5.03 Å². The smallest absolute Gasteiger partial charge is 0.107 e. The number of nitrogens with zero attached hydrogens (tertiary/aromatic N) is 2. The molecule has 1 fully saturated rings. The first-order valence-corrected chi connectivity index (χ1v) is 5.70. The van der Waals surface area contributed by atoms with Crippen LogP contribution in [0.2, 0.25) is 0 Å². The maximum Gasteiger partial charge on any atom is 0.107 e. The summed E-state index contributed by atoms with van der Waals surface area (Å²) in [5.74, 6) is 0.583. The van der Waals surface area contributed by atoms with Crippen LogP contribution < -0.4 is 5.73 Å². The second kappa shape index (κ2) is 4.33.